The van der Waals surface area contributed by atoms with Gasteiger partial charge in [0, 0.05) is 5.56 Å². The molecule has 0 heterocycles. The number of carbonyl (C=O) groups is 1. The molecule has 2 N–H and O–H groups in total. The number of hydrogen-bond acceptors (Lipinski definition) is 3. The van der Waals surface area contributed by atoms with Crippen LogP contribution in [0.25, 0.3) is 0 Å². The first-order chi connectivity index (χ1) is 7.90. The Morgan fingerprint density at radius 1 is 1.06 bits per heavy atom. The van der Waals surface area contributed by atoms with Gasteiger partial charge in [-0.1, -0.05) is 0 Å². The molecule has 1 aromatic carbocycles. The Morgan fingerprint density at radius 3 is 2.06 bits per heavy atom. The fourth-order valence-electron chi connectivity index (χ4n) is 1.36. The standard InChI is InChI=1S/C13H19NO3/c1-8(2)16-11-6-5-10(13(14)15)7-12(11)17-9(3)4/h5-9H,1-4H3,(H2,14,15). The lowest BCUT2D eigenvalue weighted by Gasteiger charge is -2.17. The Kier molecular flexibility index (Phi) is 4.37. The summed E-state index contributed by atoms with van der Waals surface area (Å²) in [6.45, 7) is 7.69. The first-order valence-electron chi connectivity index (χ1n) is 5.67. The lowest BCUT2D eigenvalue weighted by atomic mass is 10.2. The maximum Gasteiger partial charge on any atom is 0.248 e. The summed E-state index contributed by atoms with van der Waals surface area (Å²) in [4.78, 5) is 11.1. The van der Waals surface area contributed by atoms with Crippen molar-refractivity contribution in [1.29, 1.82) is 0 Å². The van der Waals surface area contributed by atoms with Crippen molar-refractivity contribution < 1.29 is 14.3 Å². The van der Waals surface area contributed by atoms with E-state index in [-0.39, 0.29) is 12.2 Å². The molecule has 0 aliphatic heterocycles. The highest BCUT2D eigenvalue weighted by atomic mass is 16.5. The van der Waals surface area contributed by atoms with Crippen LogP contribution < -0.4 is 15.2 Å². The van der Waals surface area contributed by atoms with Gasteiger partial charge in [0.15, 0.2) is 11.5 Å². The fraction of sp³-hybridized carbons (Fsp3) is 0.462. The second kappa shape index (κ2) is 5.57. The van der Waals surface area contributed by atoms with Crippen LogP contribution in [-0.2, 0) is 0 Å². The molecule has 1 aromatic rings. The molecule has 0 aliphatic rings. The van der Waals surface area contributed by atoms with E-state index in [0.29, 0.717) is 17.1 Å². The number of carbonyl (C=O) groups excluding carboxylic acids is 1. The predicted octanol–water partition coefficient (Wildman–Crippen LogP) is 2.36. The third-order valence-electron chi connectivity index (χ3n) is 1.95. The van der Waals surface area contributed by atoms with E-state index in [0.717, 1.165) is 0 Å². The highest BCUT2D eigenvalue weighted by Crippen LogP contribution is 2.30. The highest BCUT2D eigenvalue weighted by Gasteiger charge is 2.12. The predicted molar refractivity (Wildman–Crippen MR) is 66.5 cm³/mol. The number of nitrogens with two attached hydrogens (primary N) is 1. The second-order valence-corrected chi connectivity index (χ2v) is 4.36. The molecule has 4 heteroatoms. The van der Waals surface area contributed by atoms with Gasteiger partial charge in [0.2, 0.25) is 5.91 Å². The molecule has 0 saturated heterocycles. The third-order valence-corrected chi connectivity index (χ3v) is 1.95. The molecule has 0 spiro atoms. The van der Waals surface area contributed by atoms with Gasteiger partial charge in [-0.3, -0.25) is 4.79 Å². The zero-order chi connectivity index (χ0) is 13.0. The molecule has 1 rings (SSSR count). The van der Waals surface area contributed by atoms with E-state index < -0.39 is 5.91 Å². The molecule has 0 unspecified atom stereocenters. The second-order valence-electron chi connectivity index (χ2n) is 4.36. The van der Waals surface area contributed by atoms with Crippen LogP contribution in [0.3, 0.4) is 0 Å². The molecule has 1 amide bonds. The Balaban J connectivity index is 3.07. The summed E-state index contributed by atoms with van der Waals surface area (Å²) in [5, 5.41) is 0. The summed E-state index contributed by atoms with van der Waals surface area (Å²) in [7, 11) is 0. The molecule has 0 fully saturated rings. The van der Waals surface area contributed by atoms with Gasteiger partial charge in [-0.05, 0) is 45.9 Å². The molecule has 0 aliphatic carbocycles. The molecule has 94 valence electrons. The number of ether oxygens (including phenoxy) is 2. The number of rotatable bonds is 5. The van der Waals surface area contributed by atoms with Gasteiger partial charge in [0.25, 0.3) is 0 Å². The minimum atomic E-state index is -0.477. The van der Waals surface area contributed by atoms with Crippen LogP contribution in [-0.4, -0.2) is 18.1 Å². The SMILES string of the molecule is CC(C)Oc1ccc(C(N)=O)cc1OC(C)C. The van der Waals surface area contributed by atoms with Crippen LogP contribution in [0.4, 0.5) is 0 Å². The fourth-order valence-corrected chi connectivity index (χ4v) is 1.36. The summed E-state index contributed by atoms with van der Waals surface area (Å²) < 4.78 is 11.2. The van der Waals surface area contributed by atoms with Crippen molar-refractivity contribution in [2.24, 2.45) is 5.73 Å². The number of amides is 1. The van der Waals surface area contributed by atoms with Gasteiger partial charge in [-0.15, -0.1) is 0 Å². The molecular weight excluding hydrogens is 218 g/mol. The van der Waals surface area contributed by atoms with E-state index in [2.05, 4.69) is 0 Å². The Bertz CT molecular complexity index is 400. The smallest absolute Gasteiger partial charge is 0.248 e. The van der Waals surface area contributed by atoms with E-state index in [4.69, 9.17) is 15.2 Å². The maximum atomic E-state index is 11.1. The van der Waals surface area contributed by atoms with Crippen molar-refractivity contribution >= 4 is 5.91 Å². The summed E-state index contributed by atoms with van der Waals surface area (Å²) in [5.74, 6) is 0.693. The Labute approximate surface area is 102 Å². The molecular formula is C13H19NO3. The van der Waals surface area contributed by atoms with Crippen molar-refractivity contribution in [3.63, 3.8) is 0 Å². The van der Waals surface area contributed by atoms with Crippen LogP contribution in [0.15, 0.2) is 18.2 Å². The molecule has 17 heavy (non-hydrogen) atoms. The van der Waals surface area contributed by atoms with E-state index in [9.17, 15) is 4.79 Å². The van der Waals surface area contributed by atoms with E-state index in [1.165, 1.54) is 0 Å². The Hall–Kier alpha value is -1.71. The molecule has 0 aromatic heterocycles. The first-order valence-corrected chi connectivity index (χ1v) is 5.67. The zero-order valence-electron chi connectivity index (χ0n) is 10.7. The van der Waals surface area contributed by atoms with Crippen molar-refractivity contribution in [3.05, 3.63) is 23.8 Å². The van der Waals surface area contributed by atoms with E-state index in [1.54, 1.807) is 18.2 Å². The monoisotopic (exact) mass is 237 g/mol. The van der Waals surface area contributed by atoms with E-state index in [1.807, 2.05) is 27.7 Å². The van der Waals surface area contributed by atoms with Crippen molar-refractivity contribution in [3.8, 4) is 11.5 Å². The van der Waals surface area contributed by atoms with Crippen LogP contribution in [0.2, 0.25) is 0 Å². The molecule has 4 nitrogen and oxygen atoms in total. The largest absolute Gasteiger partial charge is 0.487 e. The number of hydrogen-bond donors (Lipinski definition) is 1. The van der Waals surface area contributed by atoms with Gasteiger partial charge in [-0.2, -0.15) is 0 Å². The van der Waals surface area contributed by atoms with Crippen LogP contribution in [0, 0.1) is 0 Å². The topological polar surface area (TPSA) is 61.5 Å². The van der Waals surface area contributed by atoms with Crippen molar-refractivity contribution in [2.75, 3.05) is 0 Å². The van der Waals surface area contributed by atoms with Crippen LogP contribution in [0.5, 0.6) is 11.5 Å². The third kappa shape index (κ3) is 3.98. The summed E-state index contributed by atoms with van der Waals surface area (Å²) in [6.07, 6.45) is 0.0524. The van der Waals surface area contributed by atoms with E-state index >= 15 is 0 Å². The van der Waals surface area contributed by atoms with Gasteiger partial charge in [0.1, 0.15) is 0 Å². The van der Waals surface area contributed by atoms with Gasteiger partial charge < -0.3 is 15.2 Å². The van der Waals surface area contributed by atoms with Crippen molar-refractivity contribution in [1.82, 2.24) is 0 Å². The lowest BCUT2D eigenvalue weighted by molar-refractivity contribution is 0.0999. The maximum absolute atomic E-state index is 11.1. The molecule has 0 bridgehead atoms. The summed E-state index contributed by atoms with van der Waals surface area (Å²) in [6, 6.07) is 4.95. The average molecular weight is 237 g/mol. The van der Waals surface area contributed by atoms with Gasteiger partial charge >= 0.3 is 0 Å². The molecule has 0 radical (unpaired) electrons. The average Bonchev–Trinajstić information content (AvgIpc) is 2.18. The number of primary amides is 1. The first kappa shape index (κ1) is 13.4. The van der Waals surface area contributed by atoms with Crippen LogP contribution >= 0.6 is 0 Å². The van der Waals surface area contributed by atoms with Gasteiger partial charge in [-0.25, -0.2) is 0 Å². The quantitative estimate of drug-likeness (QED) is 0.855. The van der Waals surface area contributed by atoms with Gasteiger partial charge in [0.05, 0.1) is 12.2 Å². The molecule has 0 saturated carbocycles. The van der Waals surface area contributed by atoms with Crippen LogP contribution in [0.1, 0.15) is 38.1 Å². The summed E-state index contributed by atoms with van der Waals surface area (Å²) in [5.41, 5.74) is 5.64. The minimum Gasteiger partial charge on any atom is -0.487 e. The molecule has 0 atom stereocenters. The number of benzene rings is 1. The lowest BCUT2D eigenvalue weighted by Crippen LogP contribution is -2.14. The Morgan fingerprint density at radius 2 is 1.59 bits per heavy atom. The highest BCUT2D eigenvalue weighted by molar-refractivity contribution is 5.93. The van der Waals surface area contributed by atoms with Crippen molar-refractivity contribution in [2.45, 2.75) is 39.9 Å². The normalized spacial score (nSPS) is 10.7. The zero-order valence-corrected chi connectivity index (χ0v) is 10.7. The summed E-state index contributed by atoms with van der Waals surface area (Å²) >= 11 is 0. The minimum absolute atomic E-state index is 0.00707.